The minimum absolute atomic E-state index is 0.774. The summed E-state index contributed by atoms with van der Waals surface area (Å²) >= 11 is 0. The van der Waals surface area contributed by atoms with Crippen LogP contribution in [0.4, 0.5) is 0 Å². The maximum absolute atomic E-state index is 4.07. The monoisotopic (exact) mass is 136 g/mol. The summed E-state index contributed by atoms with van der Waals surface area (Å²) in [5, 5.41) is 1.26. The predicted octanol–water partition coefficient (Wildman–Crippen LogP) is 1.66. The lowest BCUT2D eigenvalue weighted by Gasteiger charge is -1.82. The van der Waals surface area contributed by atoms with E-state index in [0.717, 1.165) is 13.7 Å². The molecule has 2 aromatic rings. The molecule has 0 aliphatic carbocycles. The fourth-order valence-electron chi connectivity index (χ4n) is 0.793. The highest BCUT2D eigenvalue weighted by Crippen LogP contribution is 2.20. The second-order valence-electron chi connectivity index (χ2n) is 1.80. The average molecular weight is 136 g/mol. The molecule has 0 saturated heterocycles. The van der Waals surface area contributed by atoms with Gasteiger partial charge in [0, 0.05) is 11.3 Å². The molecule has 1 unspecified atom stereocenters. The van der Waals surface area contributed by atoms with Gasteiger partial charge in [-0.25, -0.2) is 9.97 Å². The Morgan fingerprint density at radius 1 is 1.44 bits per heavy atom. The van der Waals surface area contributed by atoms with E-state index < -0.39 is 0 Å². The minimum Gasteiger partial charge on any atom is -0.244 e. The summed E-state index contributed by atoms with van der Waals surface area (Å²) in [6, 6.07) is 2.04. The Bertz CT molecular complexity index is 285. The first-order chi connectivity index (χ1) is 4.47. The van der Waals surface area contributed by atoms with Crippen LogP contribution in [-0.2, 0) is 0 Å². The second kappa shape index (κ2) is 1.82. The number of nitrogens with zero attached hydrogens (tertiary/aromatic N) is 2. The van der Waals surface area contributed by atoms with E-state index in [4.69, 9.17) is 0 Å². The summed E-state index contributed by atoms with van der Waals surface area (Å²) in [7, 11) is 0.774. The molecule has 2 rings (SSSR count). The fraction of sp³-hybridized carbons (Fsp3) is 0. The quantitative estimate of drug-likeness (QED) is 0.550. The van der Waals surface area contributed by atoms with Crippen molar-refractivity contribution in [2.75, 3.05) is 0 Å². The summed E-state index contributed by atoms with van der Waals surface area (Å²) in [6.07, 6.45) is 3.46. The molecule has 0 bridgehead atoms. The summed E-state index contributed by atoms with van der Waals surface area (Å²) in [4.78, 5) is 7.98. The molecule has 0 aliphatic heterocycles. The van der Waals surface area contributed by atoms with Crippen molar-refractivity contribution in [3.05, 3.63) is 24.4 Å². The van der Waals surface area contributed by atoms with Gasteiger partial charge in [-0.05, 0) is 11.9 Å². The van der Waals surface area contributed by atoms with E-state index in [2.05, 4.69) is 15.8 Å². The van der Waals surface area contributed by atoms with E-state index in [1.807, 2.05) is 12.3 Å². The number of hydrogen-bond acceptors (Lipinski definition) is 2. The first kappa shape index (κ1) is 4.95. The van der Waals surface area contributed by atoms with Crippen LogP contribution in [-0.4, -0.2) is 9.97 Å². The van der Waals surface area contributed by atoms with Crippen molar-refractivity contribution in [2.45, 2.75) is 0 Å². The molecule has 0 aromatic carbocycles. The van der Waals surface area contributed by atoms with Gasteiger partial charge in [0.1, 0.15) is 6.33 Å². The lowest BCUT2D eigenvalue weighted by molar-refractivity contribution is 1.23. The van der Waals surface area contributed by atoms with Crippen molar-refractivity contribution in [2.24, 2.45) is 0 Å². The Balaban J connectivity index is 2.95. The van der Waals surface area contributed by atoms with Crippen molar-refractivity contribution in [3.63, 3.8) is 0 Å². The van der Waals surface area contributed by atoms with Gasteiger partial charge in [-0.3, -0.25) is 0 Å². The zero-order chi connectivity index (χ0) is 6.10. The third-order valence-corrected chi connectivity index (χ3v) is 2.25. The molecule has 0 radical (unpaired) electrons. The van der Waals surface area contributed by atoms with Crippen LogP contribution in [0, 0.1) is 0 Å². The minimum atomic E-state index is 0.774. The normalized spacial score (nSPS) is 11.1. The highest BCUT2D eigenvalue weighted by Gasteiger charge is 1.89. The largest absolute Gasteiger partial charge is 0.244 e. The van der Waals surface area contributed by atoms with E-state index in [-0.39, 0.29) is 0 Å². The lowest BCUT2D eigenvalue weighted by Crippen LogP contribution is -1.71. The van der Waals surface area contributed by atoms with E-state index >= 15 is 0 Å². The maximum Gasteiger partial charge on any atom is 0.116 e. The molecule has 0 fully saturated rings. The molecule has 2 aromatic heterocycles. The molecule has 3 heteroatoms. The van der Waals surface area contributed by atoms with Gasteiger partial charge in [-0.1, -0.05) is 0 Å². The number of hydrogen-bond donors (Lipinski definition) is 0. The molecule has 1 atom stereocenters. The molecule has 0 aliphatic rings. The summed E-state index contributed by atoms with van der Waals surface area (Å²) in [5.41, 5.74) is 1.09. The smallest absolute Gasteiger partial charge is 0.116 e. The molecule has 2 nitrogen and oxygen atoms in total. The van der Waals surface area contributed by atoms with Crippen molar-refractivity contribution >= 4 is 18.8 Å². The van der Waals surface area contributed by atoms with Crippen LogP contribution in [0.3, 0.4) is 0 Å². The maximum atomic E-state index is 4.07. The van der Waals surface area contributed by atoms with Gasteiger partial charge in [-0.2, -0.15) is 0 Å². The van der Waals surface area contributed by atoms with Gasteiger partial charge in [-0.15, -0.1) is 8.19 Å². The number of rotatable bonds is 0. The van der Waals surface area contributed by atoms with Gasteiger partial charge in [0.15, 0.2) is 0 Å². The van der Waals surface area contributed by atoms with Gasteiger partial charge in [0.2, 0.25) is 0 Å². The summed E-state index contributed by atoms with van der Waals surface area (Å²) in [6.45, 7) is 0. The van der Waals surface area contributed by atoms with E-state index in [1.54, 1.807) is 6.33 Å². The van der Waals surface area contributed by atoms with Gasteiger partial charge in [0.25, 0.3) is 0 Å². The third-order valence-electron chi connectivity index (χ3n) is 1.22. The van der Waals surface area contributed by atoms with Crippen LogP contribution in [0.15, 0.2) is 24.4 Å². The molecule has 0 spiro atoms. The molecular weight excluding hydrogens is 131 g/mol. The van der Waals surface area contributed by atoms with Crippen molar-refractivity contribution in [1.29, 1.82) is 0 Å². The highest BCUT2D eigenvalue weighted by atomic mass is 31.0. The Kier molecular flexibility index (Phi) is 0.998. The Morgan fingerprint density at radius 2 is 2.44 bits per heavy atom. The third kappa shape index (κ3) is 0.718. The van der Waals surface area contributed by atoms with Crippen molar-refractivity contribution in [3.8, 4) is 0 Å². The zero-order valence-electron chi connectivity index (χ0n) is 4.70. The van der Waals surface area contributed by atoms with Gasteiger partial charge in [0.05, 0.1) is 5.52 Å². The predicted molar refractivity (Wildman–Crippen MR) is 39.0 cm³/mol. The molecule has 0 N–H and O–H groups in total. The van der Waals surface area contributed by atoms with Gasteiger partial charge < -0.3 is 0 Å². The Morgan fingerprint density at radius 3 is 3.33 bits per heavy atom. The Labute approximate surface area is 54.0 Å². The summed E-state index contributed by atoms with van der Waals surface area (Å²) in [5.74, 6) is 2.12. The highest BCUT2D eigenvalue weighted by molar-refractivity contribution is 7.36. The molecule has 0 saturated carbocycles. The standard InChI is InChI=1S/C6H5N2P/c1-2-9-6-3-7-4-8-5(1)6/h1-4,9H. The van der Waals surface area contributed by atoms with Gasteiger partial charge >= 0.3 is 0 Å². The van der Waals surface area contributed by atoms with Crippen LogP contribution in [0.1, 0.15) is 0 Å². The van der Waals surface area contributed by atoms with Crippen LogP contribution >= 0.6 is 8.19 Å². The van der Waals surface area contributed by atoms with Crippen molar-refractivity contribution < 1.29 is 0 Å². The topological polar surface area (TPSA) is 25.8 Å². The molecule has 44 valence electrons. The first-order valence-electron chi connectivity index (χ1n) is 2.70. The Hall–Kier alpha value is -0.880. The van der Waals surface area contributed by atoms with E-state index in [0.29, 0.717) is 0 Å². The summed E-state index contributed by atoms with van der Waals surface area (Å²) < 4.78 is 0. The number of fused-ring (bicyclic) bond motifs is 1. The van der Waals surface area contributed by atoms with Crippen LogP contribution in [0.25, 0.3) is 10.6 Å². The van der Waals surface area contributed by atoms with Crippen molar-refractivity contribution in [1.82, 2.24) is 9.97 Å². The first-order valence-corrected chi connectivity index (χ1v) is 3.77. The lowest BCUT2D eigenvalue weighted by atomic mass is 10.5. The zero-order valence-corrected chi connectivity index (χ0v) is 5.70. The SMILES string of the molecule is c1ncc2[pH]ccc2n1. The molecular formula is C6H5N2P. The van der Waals surface area contributed by atoms with Crippen LogP contribution < -0.4 is 0 Å². The number of aromatic nitrogens is 2. The van der Waals surface area contributed by atoms with Crippen LogP contribution in [0.5, 0.6) is 0 Å². The van der Waals surface area contributed by atoms with E-state index in [1.165, 1.54) is 5.12 Å². The van der Waals surface area contributed by atoms with E-state index in [9.17, 15) is 0 Å². The molecule has 9 heavy (non-hydrogen) atoms. The molecule has 2 heterocycles. The second-order valence-corrected chi connectivity index (χ2v) is 2.96. The molecule has 0 amide bonds. The fourth-order valence-corrected chi connectivity index (χ4v) is 1.66. The average Bonchev–Trinajstić information content (AvgIpc) is 2.33. The van der Waals surface area contributed by atoms with Crippen LogP contribution in [0.2, 0.25) is 0 Å².